The molecular weight excluding hydrogens is 424 g/mol. The third kappa shape index (κ3) is 9.61. The lowest BCUT2D eigenvalue weighted by Gasteiger charge is -2.12. The topological polar surface area (TPSA) is 83.8 Å². The fourth-order valence-electron chi connectivity index (χ4n) is 3.83. The predicted molar refractivity (Wildman–Crippen MR) is 129 cm³/mol. The molecule has 0 amide bonds. The van der Waals surface area contributed by atoms with Crippen LogP contribution in [-0.4, -0.2) is 18.1 Å². The minimum Gasteiger partial charge on any atom is -0.504 e. The third-order valence-corrected chi connectivity index (χ3v) is 6.58. The van der Waals surface area contributed by atoms with Gasteiger partial charge >= 0.3 is 0 Å². The molecule has 0 radical (unpaired) electrons. The van der Waals surface area contributed by atoms with Crippen LogP contribution in [0.1, 0.15) is 89.5 Å². The Balaban J connectivity index is 1.73. The molecule has 0 saturated carbocycles. The number of hydrogen-bond donors (Lipinski definition) is 2. The van der Waals surface area contributed by atoms with Gasteiger partial charge in [-0.05, 0) is 42.7 Å². The smallest absolute Gasteiger partial charge is 0.298 e. The standard InChI is InChI=1S/C26H38O5S/c1-2-3-4-5-6-7-8-9-10-11-12-13-16-22-19-20-23(27)25(21-22)31-24-17-14-15-18-26(24)32(28,29)30/h14-15,17-21,27H,2-13,16H2,1H3,(H,28,29,30). The molecule has 2 N–H and O–H groups in total. The van der Waals surface area contributed by atoms with Crippen LogP contribution in [0, 0.1) is 0 Å². The van der Waals surface area contributed by atoms with Crippen LogP contribution in [0.3, 0.4) is 0 Å². The molecule has 0 aliphatic heterocycles. The molecule has 0 spiro atoms. The van der Waals surface area contributed by atoms with E-state index in [9.17, 15) is 18.1 Å². The number of phenolic OH excluding ortho intramolecular Hbond substituents is 1. The average Bonchev–Trinajstić information content (AvgIpc) is 2.76. The number of aryl methyl sites for hydroxylation is 1. The second-order valence-electron chi connectivity index (χ2n) is 8.47. The minimum absolute atomic E-state index is 0.0205. The van der Waals surface area contributed by atoms with Crippen molar-refractivity contribution < 1.29 is 22.8 Å². The van der Waals surface area contributed by atoms with E-state index in [1.54, 1.807) is 18.2 Å². The summed E-state index contributed by atoms with van der Waals surface area (Å²) < 4.78 is 38.1. The fraction of sp³-hybridized carbons (Fsp3) is 0.538. The number of hydrogen-bond acceptors (Lipinski definition) is 4. The summed E-state index contributed by atoms with van der Waals surface area (Å²) in [6.07, 6.45) is 16.4. The number of para-hydroxylation sites is 1. The number of phenols is 1. The van der Waals surface area contributed by atoms with Gasteiger partial charge in [-0.1, -0.05) is 95.8 Å². The summed E-state index contributed by atoms with van der Waals surface area (Å²) in [6.45, 7) is 2.25. The van der Waals surface area contributed by atoms with E-state index in [1.807, 2.05) is 6.07 Å². The normalized spacial score (nSPS) is 11.6. The third-order valence-electron chi connectivity index (χ3n) is 5.69. The Kier molecular flexibility index (Phi) is 11.6. The first kappa shape index (κ1) is 26.2. The summed E-state index contributed by atoms with van der Waals surface area (Å²) in [6, 6.07) is 11.0. The van der Waals surface area contributed by atoms with Crippen molar-refractivity contribution >= 4 is 10.1 Å². The molecule has 0 fully saturated rings. The SMILES string of the molecule is CCCCCCCCCCCCCCc1ccc(O)c(Oc2ccccc2S(=O)(=O)O)c1. The second kappa shape index (κ2) is 14.2. The van der Waals surface area contributed by atoms with Crippen molar-refractivity contribution in [3.63, 3.8) is 0 Å². The Morgan fingerprint density at radius 2 is 1.31 bits per heavy atom. The Hall–Kier alpha value is -2.05. The van der Waals surface area contributed by atoms with Crippen molar-refractivity contribution in [2.75, 3.05) is 0 Å². The molecule has 0 aromatic heterocycles. The largest absolute Gasteiger partial charge is 0.504 e. The fourth-order valence-corrected chi connectivity index (χ4v) is 4.45. The van der Waals surface area contributed by atoms with Crippen molar-refractivity contribution in [2.24, 2.45) is 0 Å². The Morgan fingerprint density at radius 3 is 1.91 bits per heavy atom. The van der Waals surface area contributed by atoms with Gasteiger partial charge in [-0.15, -0.1) is 0 Å². The van der Waals surface area contributed by atoms with Crippen molar-refractivity contribution in [3.8, 4) is 17.2 Å². The zero-order valence-corrected chi connectivity index (χ0v) is 20.1. The first-order valence-corrected chi connectivity index (χ1v) is 13.4. The number of rotatable bonds is 16. The second-order valence-corrected chi connectivity index (χ2v) is 9.85. The average molecular weight is 463 g/mol. The molecule has 0 unspecified atom stereocenters. The number of ether oxygens (including phenoxy) is 1. The molecule has 32 heavy (non-hydrogen) atoms. The van der Waals surface area contributed by atoms with Gasteiger partial charge in [0.25, 0.3) is 10.1 Å². The highest BCUT2D eigenvalue weighted by Gasteiger charge is 2.17. The van der Waals surface area contributed by atoms with E-state index in [4.69, 9.17) is 4.74 Å². The van der Waals surface area contributed by atoms with E-state index >= 15 is 0 Å². The summed E-state index contributed by atoms with van der Waals surface area (Å²) in [5.74, 6) is 0.0823. The van der Waals surface area contributed by atoms with Crippen LogP contribution in [0.5, 0.6) is 17.2 Å². The molecule has 0 heterocycles. The quantitative estimate of drug-likeness (QED) is 0.197. The van der Waals surface area contributed by atoms with Gasteiger partial charge in [0.05, 0.1) is 0 Å². The van der Waals surface area contributed by atoms with Gasteiger partial charge in [0, 0.05) is 0 Å². The van der Waals surface area contributed by atoms with Gasteiger partial charge in [-0.3, -0.25) is 4.55 Å². The van der Waals surface area contributed by atoms with E-state index in [1.165, 1.54) is 88.8 Å². The maximum Gasteiger partial charge on any atom is 0.298 e. The summed E-state index contributed by atoms with van der Waals surface area (Å²) in [5.41, 5.74) is 1.02. The van der Waals surface area contributed by atoms with Crippen LogP contribution in [0.4, 0.5) is 0 Å². The molecule has 0 atom stereocenters. The molecule has 0 aliphatic rings. The van der Waals surface area contributed by atoms with Crippen molar-refractivity contribution in [2.45, 2.75) is 95.3 Å². The molecule has 178 valence electrons. The van der Waals surface area contributed by atoms with Crippen molar-refractivity contribution in [1.82, 2.24) is 0 Å². The van der Waals surface area contributed by atoms with Gasteiger partial charge in [0.15, 0.2) is 11.5 Å². The van der Waals surface area contributed by atoms with E-state index in [2.05, 4.69) is 6.92 Å². The highest BCUT2D eigenvalue weighted by molar-refractivity contribution is 7.86. The summed E-state index contributed by atoms with van der Waals surface area (Å²) >= 11 is 0. The lowest BCUT2D eigenvalue weighted by molar-refractivity contribution is 0.401. The van der Waals surface area contributed by atoms with E-state index in [0.29, 0.717) is 0 Å². The van der Waals surface area contributed by atoms with Gasteiger partial charge in [0.2, 0.25) is 0 Å². The Bertz CT molecular complexity index is 908. The number of unbranched alkanes of at least 4 members (excludes halogenated alkanes) is 11. The Morgan fingerprint density at radius 1 is 0.750 bits per heavy atom. The summed E-state index contributed by atoms with van der Waals surface area (Å²) in [4.78, 5) is -0.328. The summed E-state index contributed by atoms with van der Waals surface area (Å²) in [5, 5.41) is 10.1. The highest BCUT2D eigenvalue weighted by Crippen LogP contribution is 2.35. The first-order chi connectivity index (χ1) is 15.4. The number of aromatic hydroxyl groups is 1. The van der Waals surface area contributed by atoms with Crippen LogP contribution < -0.4 is 4.74 Å². The van der Waals surface area contributed by atoms with Crippen LogP contribution in [0.15, 0.2) is 47.4 Å². The van der Waals surface area contributed by atoms with E-state index in [-0.39, 0.29) is 22.1 Å². The van der Waals surface area contributed by atoms with Gasteiger partial charge < -0.3 is 9.84 Å². The zero-order valence-electron chi connectivity index (χ0n) is 19.3. The number of benzene rings is 2. The van der Waals surface area contributed by atoms with Crippen molar-refractivity contribution in [1.29, 1.82) is 0 Å². The molecule has 0 bridgehead atoms. The molecule has 2 aromatic carbocycles. The summed E-state index contributed by atoms with van der Waals surface area (Å²) in [7, 11) is -4.42. The zero-order chi connectivity index (χ0) is 23.2. The lowest BCUT2D eigenvalue weighted by atomic mass is 10.0. The molecule has 0 saturated heterocycles. The van der Waals surface area contributed by atoms with Crippen LogP contribution in [0.25, 0.3) is 0 Å². The maximum atomic E-state index is 11.5. The monoisotopic (exact) mass is 462 g/mol. The predicted octanol–water partition coefficient (Wildman–Crippen LogP) is 7.67. The molecule has 2 aromatic rings. The van der Waals surface area contributed by atoms with Gasteiger partial charge in [-0.25, -0.2) is 0 Å². The van der Waals surface area contributed by atoms with Crippen LogP contribution in [0.2, 0.25) is 0 Å². The van der Waals surface area contributed by atoms with Crippen molar-refractivity contribution in [3.05, 3.63) is 48.0 Å². The van der Waals surface area contributed by atoms with E-state index in [0.717, 1.165) is 18.4 Å². The van der Waals surface area contributed by atoms with Gasteiger partial charge in [0.1, 0.15) is 10.6 Å². The lowest BCUT2D eigenvalue weighted by Crippen LogP contribution is -2.01. The molecule has 6 heteroatoms. The van der Waals surface area contributed by atoms with Gasteiger partial charge in [-0.2, -0.15) is 8.42 Å². The van der Waals surface area contributed by atoms with Crippen LogP contribution in [-0.2, 0) is 16.5 Å². The Labute approximate surface area is 193 Å². The molecule has 2 rings (SSSR count). The van der Waals surface area contributed by atoms with Crippen LogP contribution >= 0.6 is 0 Å². The molecule has 0 aliphatic carbocycles. The molecular formula is C26H38O5S. The molecule has 5 nitrogen and oxygen atoms in total. The highest BCUT2D eigenvalue weighted by atomic mass is 32.2. The maximum absolute atomic E-state index is 11.5. The minimum atomic E-state index is -4.42. The first-order valence-electron chi connectivity index (χ1n) is 12.0. The van der Waals surface area contributed by atoms with E-state index < -0.39 is 10.1 Å².